The summed E-state index contributed by atoms with van der Waals surface area (Å²) in [5, 5.41) is 10.9. The molecule has 0 aromatic carbocycles. The van der Waals surface area contributed by atoms with Gasteiger partial charge in [-0.05, 0) is 38.2 Å². The first kappa shape index (κ1) is 15.8. The Labute approximate surface area is 146 Å². The van der Waals surface area contributed by atoms with Gasteiger partial charge in [0, 0.05) is 36.2 Å². The van der Waals surface area contributed by atoms with Crippen LogP contribution in [-0.2, 0) is 30.2 Å². The molecule has 1 amide bonds. The number of aromatic nitrogens is 3. The number of fused-ring (bicyclic) bond motifs is 1. The van der Waals surface area contributed by atoms with Crippen molar-refractivity contribution in [3.05, 3.63) is 33.5 Å². The fraction of sp³-hybridized carbons (Fsp3) is 0.611. The molecule has 0 bridgehead atoms. The summed E-state index contributed by atoms with van der Waals surface area (Å²) in [5.74, 6) is 0.239. The van der Waals surface area contributed by atoms with Crippen LogP contribution < -0.4 is 5.32 Å². The average Bonchev–Trinajstić information content (AvgIpc) is 3.29. The van der Waals surface area contributed by atoms with Gasteiger partial charge >= 0.3 is 0 Å². The highest BCUT2D eigenvalue weighted by molar-refractivity contribution is 7.09. The van der Waals surface area contributed by atoms with E-state index in [0.29, 0.717) is 0 Å². The topological polar surface area (TPSA) is 59.8 Å². The Morgan fingerprint density at radius 1 is 1.42 bits per heavy atom. The van der Waals surface area contributed by atoms with Crippen LogP contribution >= 0.6 is 11.3 Å². The van der Waals surface area contributed by atoms with E-state index in [4.69, 9.17) is 4.98 Å². The number of rotatable bonds is 3. The second-order valence-corrected chi connectivity index (χ2v) is 8.11. The quantitative estimate of drug-likeness (QED) is 0.931. The van der Waals surface area contributed by atoms with Gasteiger partial charge in [-0.2, -0.15) is 5.10 Å². The molecular formula is C18H24N4OS. The molecule has 128 valence electrons. The Balaban J connectivity index is 1.53. The lowest BCUT2D eigenvalue weighted by Gasteiger charge is -2.31. The molecule has 0 spiro atoms. The lowest BCUT2D eigenvalue weighted by molar-refractivity contribution is -0.127. The third-order valence-corrected chi connectivity index (χ3v) is 6.73. The molecule has 2 aliphatic carbocycles. The van der Waals surface area contributed by atoms with E-state index in [9.17, 15) is 4.79 Å². The first-order valence-corrected chi connectivity index (χ1v) is 9.70. The molecule has 5 nitrogen and oxygen atoms in total. The molecule has 1 atom stereocenters. The monoisotopic (exact) mass is 344 g/mol. The van der Waals surface area contributed by atoms with Gasteiger partial charge in [0.15, 0.2) is 0 Å². The average molecular weight is 344 g/mol. The zero-order valence-corrected chi connectivity index (χ0v) is 15.2. The van der Waals surface area contributed by atoms with E-state index >= 15 is 0 Å². The standard InChI is InChI=1S/C18H24N4OS/c1-12-11-24-17(20-12)18(7-3-4-8-18)21-16(23)13-5-6-14-10-19-22(2)15(14)9-13/h10-11,13H,3-9H2,1-2H3,(H,21,23). The molecule has 6 heteroatoms. The number of hydrogen-bond acceptors (Lipinski definition) is 4. The Hall–Kier alpha value is -1.69. The summed E-state index contributed by atoms with van der Waals surface area (Å²) in [6.07, 6.45) is 8.95. The highest BCUT2D eigenvalue weighted by Crippen LogP contribution is 2.40. The molecule has 2 aromatic rings. The number of carbonyl (C=O) groups excluding carboxylic acids is 1. The van der Waals surface area contributed by atoms with Crippen LogP contribution in [0, 0.1) is 12.8 Å². The zero-order valence-electron chi connectivity index (χ0n) is 14.3. The highest BCUT2D eigenvalue weighted by Gasteiger charge is 2.41. The minimum Gasteiger partial charge on any atom is -0.344 e. The SMILES string of the molecule is Cc1csc(C2(NC(=O)C3CCc4cnn(C)c4C3)CCCC2)n1. The summed E-state index contributed by atoms with van der Waals surface area (Å²) in [6, 6.07) is 0. The molecule has 1 fully saturated rings. The van der Waals surface area contributed by atoms with Crippen LogP contribution in [0.3, 0.4) is 0 Å². The minimum absolute atomic E-state index is 0.0476. The van der Waals surface area contributed by atoms with Gasteiger partial charge in [0.1, 0.15) is 5.01 Å². The van der Waals surface area contributed by atoms with Crippen molar-refractivity contribution in [3.63, 3.8) is 0 Å². The van der Waals surface area contributed by atoms with Crippen LogP contribution in [-0.4, -0.2) is 20.7 Å². The van der Waals surface area contributed by atoms with Gasteiger partial charge in [-0.1, -0.05) is 12.8 Å². The molecule has 1 N–H and O–H groups in total. The van der Waals surface area contributed by atoms with Crippen molar-refractivity contribution >= 4 is 17.2 Å². The maximum atomic E-state index is 13.0. The number of amides is 1. The molecule has 0 aliphatic heterocycles. The van der Waals surface area contributed by atoms with Gasteiger partial charge in [-0.15, -0.1) is 11.3 Å². The summed E-state index contributed by atoms with van der Waals surface area (Å²) < 4.78 is 1.92. The van der Waals surface area contributed by atoms with Crippen molar-refractivity contribution in [1.29, 1.82) is 0 Å². The second kappa shape index (κ2) is 5.99. The lowest BCUT2D eigenvalue weighted by atomic mass is 9.86. The molecule has 1 unspecified atom stereocenters. The predicted molar refractivity (Wildman–Crippen MR) is 93.9 cm³/mol. The van der Waals surface area contributed by atoms with Gasteiger partial charge < -0.3 is 5.32 Å². The Morgan fingerprint density at radius 2 is 2.21 bits per heavy atom. The smallest absolute Gasteiger partial charge is 0.224 e. The number of aryl methyl sites for hydroxylation is 3. The van der Waals surface area contributed by atoms with Gasteiger partial charge in [0.25, 0.3) is 0 Å². The van der Waals surface area contributed by atoms with Crippen molar-refractivity contribution in [2.45, 2.75) is 57.4 Å². The van der Waals surface area contributed by atoms with Crippen LogP contribution in [0.1, 0.15) is 54.1 Å². The van der Waals surface area contributed by atoms with E-state index in [1.54, 1.807) is 11.3 Å². The zero-order chi connectivity index (χ0) is 16.7. The van der Waals surface area contributed by atoms with E-state index < -0.39 is 0 Å². The molecule has 2 aromatic heterocycles. The van der Waals surface area contributed by atoms with Crippen LogP contribution in [0.25, 0.3) is 0 Å². The molecule has 0 saturated heterocycles. The van der Waals surface area contributed by atoms with Gasteiger partial charge in [0.2, 0.25) is 5.91 Å². The minimum atomic E-state index is -0.233. The molecule has 1 saturated carbocycles. The molecule has 0 radical (unpaired) electrons. The fourth-order valence-corrected chi connectivity index (χ4v) is 5.16. The van der Waals surface area contributed by atoms with E-state index in [-0.39, 0.29) is 17.4 Å². The van der Waals surface area contributed by atoms with Crippen molar-refractivity contribution in [2.24, 2.45) is 13.0 Å². The normalized spacial score (nSPS) is 22.3. The first-order chi connectivity index (χ1) is 11.6. The van der Waals surface area contributed by atoms with E-state index in [1.807, 2.05) is 24.9 Å². The maximum absolute atomic E-state index is 13.0. The largest absolute Gasteiger partial charge is 0.344 e. The number of nitrogens with zero attached hydrogens (tertiary/aromatic N) is 3. The van der Waals surface area contributed by atoms with E-state index in [2.05, 4.69) is 15.8 Å². The van der Waals surface area contributed by atoms with Crippen LogP contribution in [0.5, 0.6) is 0 Å². The van der Waals surface area contributed by atoms with Gasteiger partial charge in [-0.25, -0.2) is 4.98 Å². The third kappa shape index (κ3) is 2.66. The summed E-state index contributed by atoms with van der Waals surface area (Å²) in [4.78, 5) is 17.7. The van der Waals surface area contributed by atoms with Crippen molar-refractivity contribution in [3.8, 4) is 0 Å². The molecule has 2 heterocycles. The first-order valence-electron chi connectivity index (χ1n) is 8.82. The van der Waals surface area contributed by atoms with Gasteiger partial charge in [0.05, 0.1) is 11.7 Å². The molecule has 24 heavy (non-hydrogen) atoms. The van der Waals surface area contributed by atoms with Crippen molar-refractivity contribution < 1.29 is 4.79 Å². The summed E-state index contributed by atoms with van der Waals surface area (Å²) in [7, 11) is 1.97. The van der Waals surface area contributed by atoms with Crippen molar-refractivity contribution in [1.82, 2.24) is 20.1 Å². The molecular weight excluding hydrogens is 320 g/mol. The Bertz CT molecular complexity index is 757. The molecule has 4 rings (SSSR count). The van der Waals surface area contributed by atoms with Crippen LogP contribution in [0.15, 0.2) is 11.6 Å². The summed E-state index contributed by atoms with van der Waals surface area (Å²) >= 11 is 1.69. The molecule has 2 aliphatic rings. The Kier molecular flexibility index (Phi) is 3.95. The van der Waals surface area contributed by atoms with E-state index in [1.165, 1.54) is 11.3 Å². The van der Waals surface area contributed by atoms with Gasteiger partial charge in [-0.3, -0.25) is 9.48 Å². The fourth-order valence-electron chi connectivity index (χ4n) is 4.15. The van der Waals surface area contributed by atoms with Crippen molar-refractivity contribution in [2.75, 3.05) is 0 Å². The predicted octanol–water partition coefficient (Wildman–Crippen LogP) is 2.88. The summed E-state index contributed by atoms with van der Waals surface area (Å²) in [6.45, 7) is 2.02. The number of carbonyl (C=O) groups is 1. The van der Waals surface area contributed by atoms with E-state index in [0.717, 1.165) is 55.6 Å². The lowest BCUT2D eigenvalue weighted by Crippen LogP contribution is -2.47. The maximum Gasteiger partial charge on any atom is 0.224 e. The summed E-state index contributed by atoms with van der Waals surface area (Å²) in [5.41, 5.74) is 3.33. The van der Waals surface area contributed by atoms with Crippen LogP contribution in [0.4, 0.5) is 0 Å². The van der Waals surface area contributed by atoms with Crippen LogP contribution in [0.2, 0.25) is 0 Å². The second-order valence-electron chi connectivity index (χ2n) is 7.25. The number of thiazole rings is 1. The number of nitrogens with one attached hydrogen (secondary N) is 1. The Morgan fingerprint density at radius 3 is 2.92 bits per heavy atom. The number of hydrogen-bond donors (Lipinski definition) is 1. The third-order valence-electron chi connectivity index (χ3n) is 5.57. The highest BCUT2D eigenvalue weighted by atomic mass is 32.1.